The Morgan fingerprint density at radius 2 is 1.73 bits per heavy atom. The number of carbonyl (C=O) groups excluding carboxylic acids is 2. The molecule has 0 bridgehead atoms. The summed E-state index contributed by atoms with van der Waals surface area (Å²) in [7, 11) is 0. The van der Waals surface area contributed by atoms with Crippen LogP contribution < -0.4 is 10.6 Å². The van der Waals surface area contributed by atoms with E-state index in [-0.39, 0.29) is 24.9 Å². The minimum atomic E-state index is -0.299. The van der Waals surface area contributed by atoms with Crippen LogP contribution in [0.25, 0.3) is 5.69 Å². The topological polar surface area (TPSA) is 88.9 Å². The van der Waals surface area contributed by atoms with Crippen molar-refractivity contribution in [3.63, 3.8) is 0 Å². The molecule has 0 spiro atoms. The number of rotatable bonds is 6. The SMILES string of the molecule is O=C(CNC(=O)c1ccccc1I)NCc1nncn1-c1ccccc1. The number of carbonyl (C=O) groups is 2. The summed E-state index contributed by atoms with van der Waals surface area (Å²) >= 11 is 2.09. The van der Waals surface area contributed by atoms with Crippen LogP contribution in [0.4, 0.5) is 0 Å². The maximum atomic E-state index is 12.1. The lowest BCUT2D eigenvalue weighted by Crippen LogP contribution is -2.37. The van der Waals surface area contributed by atoms with Gasteiger partial charge in [-0.3, -0.25) is 14.2 Å². The van der Waals surface area contributed by atoms with Gasteiger partial charge in [-0.1, -0.05) is 30.3 Å². The van der Waals surface area contributed by atoms with Gasteiger partial charge in [-0.2, -0.15) is 0 Å². The molecule has 0 saturated heterocycles. The molecular formula is C18H16IN5O2. The molecular weight excluding hydrogens is 445 g/mol. The second-order valence-corrected chi connectivity index (χ2v) is 6.55. The molecule has 0 radical (unpaired) electrons. The molecule has 0 saturated carbocycles. The predicted molar refractivity (Wildman–Crippen MR) is 105 cm³/mol. The smallest absolute Gasteiger partial charge is 0.252 e. The number of halogens is 1. The zero-order valence-corrected chi connectivity index (χ0v) is 15.9. The highest BCUT2D eigenvalue weighted by Crippen LogP contribution is 2.11. The molecule has 3 aromatic rings. The van der Waals surface area contributed by atoms with E-state index in [9.17, 15) is 9.59 Å². The first-order valence-electron chi connectivity index (χ1n) is 7.89. The molecule has 1 heterocycles. The standard InChI is InChI=1S/C18H16IN5O2/c19-15-9-5-4-8-14(15)18(26)21-11-17(25)20-10-16-23-22-12-24(16)13-6-2-1-3-7-13/h1-9,12H,10-11H2,(H,20,25)(H,21,26). The number of nitrogens with zero attached hydrogens (tertiary/aromatic N) is 3. The summed E-state index contributed by atoms with van der Waals surface area (Å²) in [4.78, 5) is 24.1. The summed E-state index contributed by atoms with van der Waals surface area (Å²) in [5.74, 6) is 0.0259. The van der Waals surface area contributed by atoms with Crippen molar-refractivity contribution in [2.24, 2.45) is 0 Å². The fourth-order valence-electron chi connectivity index (χ4n) is 2.33. The van der Waals surface area contributed by atoms with Crippen LogP contribution in [0.5, 0.6) is 0 Å². The Morgan fingerprint density at radius 1 is 1.00 bits per heavy atom. The van der Waals surface area contributed by atoms with E-state index in [1.165, 1.54) is 0 Å². The molecule has 7 nitrogen and oxygen atoms in total. The molecule has 26 heavy (non-hydrogen) atoms. The second-order valence-electron chi connectivity index (χ2n) is 5.39. The highest BCUT2D eigenvalue weighted by molar-refractivity contribution is 14.1. The zero-order valence-electron chi connectivity index (χ0n) is 13.7. The van der Waals surface area contributed by atoms with E-state index < -0.39 is 0 Å². The predicted octanol–water partition coefficient (Wildman–Crippen LogP) is 1.92. The minimum Gasteiger partial charge on any atom is -0.347 e. The van der Waals surface area contributed by atoms with Crippen molar-refractivity contribution in [1.82, 2.24) is 25.4 Å². The van der Waals surface area contributed by atoms with Crippen LogP contribution in [0.3, 0.4) is 0 Å². The van der Waals surface area contributed by atoms with Crippen LogP contribution in [0, 0.1) is 3.57 Å². The summed E-state index contributed by atoms with van der Waals surface area (Å²) in [5, 5.41) is 13.3. The Bertz CT molecular complexity index is 911. The van der Waals surface area contributed by atoms with Gasteiger partial charge in [0.25, 0.3) is 5.91 Å². The van der Waals surface area contributed by atoms with Crippen molar-refractivity contribution in [3.05, 3.63) is 75.9 Å². The average molecular weight is 461 g/mol. The summed E-state index contributed by atoms with van der Waals surface area (Å²) in [5.41, 5.74) is 1.46. The largest absolute Gasteiger partial charge is 0.347 e. The molecule has 0 aliphatic carbocycles. The molecule has 2 amide bonds. The molecule has 2 aromatic carbocycles. The van der Waals surface area contributed by atoms with E-state index in [0.717, 1.165) is 9.26 Å². The first-order chi connectivity index (χ1) is 12.6. The normalized spacial score (nSPS) is 10.3. The van der Waals surface area contributed by atoms with Crippen LogP contribution in [0.2, 0.25) is 0 Å². The van der Waals surface area contributed by atoms with E-state index in [1.54, 1.807) is 23.0 Å². The molecule has 0 aliphatic heterocycles. The Hall–Kier alpha value is -2.75. The average Bonchev–Trinajstić information content (AvgIpc) is 3.14. The highest BCUT2D eigenvalue weighted by atomic mass is 127. The number of nitrogens with one attached hydrogen (secondary N) is 2. The zero-order chi connectivity index (χ0) is 18.4. The maximum absolute atomic E-state index is 12.1. The summed E-state index contributed by atoms with van der Waals surface area (Å²) in [6.07, 6.45) is 1.59. The van der Waals surface area contributed by atoms with Gasteiger partial charge in [0.2, 0.25) is 5.91 Å². The van der Waals surface area contributed by atoms with Gasteiger partial charge in [0, 0.05) is 9.26 Å². The minimum absolute atomic E-state index is 0.108. The first kappa shape index (κ1) is 18.1. The lowest BCUT2D eigenvalue weighted by atomic mass is 10.2. The van der Waals surface area contributed by atoms with Gasteiger partial charge in [0.15, 0.2) is 5.82 Å². The van der Waals surface area contributed by atoms with Gasteiger partial charge >= 0.3 is 0 Å². The van der Waals surface area contributed by atoms with Crippen molar-refractivity contribution in [2.75, 3.05) is 6.54 Å². The quantitative estimate of drug-likeness (QED) is 0.550. The third-order valence-corrected chi connectivity index (χ3v) is 4.57. The summed E-state index contributed by atoms with van der Waals surface area (Å²) in [6, 6.07) is 16.8. The Morgan fingerprint density at radius 3 is 2.50 bits per heavy atom. The van der Waals surface area contributed by atoms with Gasteiger partial charge in [0.1, 0.15) is 6.33 Å². The third kappa shape index (κ3) is 4.45. The molecule has 8 heteroatoms. The third-order valence-electron chi connectivity index (χ3n) is 3.62. The Balaban J connectivity index is 1.53. The van der Waals surface area contributed by atoms with Crippen LogP contribution in [0.15, 0.2) is 60.9 Å². The number of aromatic nitrogens is 3. The van der Waals surface area contributed by atoms with Crippen LogP contribution in [0.1, 0.15) is 16.2 Å². The fraction of sp³-hybridized carbons (Fsp3) is 0.111. The number of benzene rings is 2. The van der Waals surface area contributed by atoms with Gasteiger partial charge < -0.3 is 10.6 Å². The Labute approximate surface area is 164 Å². The first-order valence-corrected chi connectivity index (χ1v) is 8.97. The molecule has 0 atom stereocenters. The molecule has 0 unspecified atom stereocenters. The van der Waals surface area contributed by atoms with Gasteiger partial charge in [0.05, 0.1) is 18.7 Å². The summed E-state index contributed by atoms with van der Waals surface area (Å²) < 4.78 is 2.63. The Kier molecular flexibility index (Phi) is 5.95. The van der Waals surface area contributed by atoms with Crippen LogP contribution in [-0.4, -0.2) is 33.1 Å². The van der Waals surface area contributed by atoms with E-state index in [1.807, 2.05) is 42.5 Å². The van der Waals surface area contributed by atoms with Crippen LogP contribution in [-0.2, 0) is 11.3 Å². The van der Waals surface area contributed by atoms with E-state index in [2.05, 4.69) is 43.4 Å². The highest BCUT2D eigenvalue weighted by Gasteiger charge is 2.12. The molecule has 132 valence electrons. The van der Waals surface area contributed by atoms with Gasteiger partial charge in [-0.15, -0.1) is 10.2 Å². The molecule has 1 aromatic heterocycles. The van der Waals surface area contributed by atoms with E-state index in [0.29, 0.717) is 11.4 Å². The summed E-state index contributed by atoms with van der Waals surface area (Å²) in [6.45, 7) is 0.107. The van der Waals surface area contributed by atoms with Crippen molar-refractivity contribution in [2.45, 2.75) is 6.54 Å². The number of para-hydroxylation sites is 1. The maximum Gasteiger partial charge on any atom is 0.252 e. The second kappa shape index (κ2) is 8.56. The lowest BCUT2D eigenvalue weighted by Gasteiger charge is -2.09. The van der Waals surface area contributed by atoms with Gasteiger partial charge in [-0.05, 0) is 46.9 Å². The number of hydrogen-bond acceptors (Lipinski definition) is 4. The van der Waals surface area contributed by atoms with Crippen LogP contribution >= 0.6 is 22.6 Å². The van der Waals surface area contributed by atoms with Gasteiger partial charge in [-0.25, -0.2) is 0 Å². The van der Waals surface area contributed by atoms with Crippen molar-refractivity contribution in [1.29, 1.82) is 0 Å². The van der Waals surface area contributed by atoms with Crippen molar-refractivity contribution in [3.8, 4) is 5.69 Å². The van der Waals surface area contributed by atoms with Crippen molar-refractivity contribution < 1.29 is 9.59 Å². The fourth-order valence-corrected chi connectivity index (χ4v) is 2.96. The monoisotopic (exact) mass is 461 g/mol. The van der Waals surface area contributed by atoms with E-state index >= 15 is 0 Å². The van der Waals surface area contributed by atoms with Crippen molar-refractivity contribution >= 4 is 34.4 Å². The molecule has 3 rings (SSSR count). The molecule has 0 aliphatic rings. The molecule has 2 N–H and O–H groups in total. The lowest BCUT2D eigenvalue weighted by molar-refractivity contribution is -0.120. The molecule has 0 fully saturated rings. The number of amides is 2. The number of hydrogen-bond donors (Lipinski definition) is 2. The van der Waals surface area contributed by atoms with E-state index in [4.69, 9.17) is 0 Å².